The molecule has 9 rings (SSSR count). The molecule has 0 saturated heterocycles. The van der Waals surface area contributed by atoms with Crippen LogP contribution in [0.2, 0.25) is 0 Å². The summed E-state index contributed by atoms with van der Waals surface area (Å²) in [6, 6.07) is 24.7. The molecule has 0 bridgehead atoms. The molecule has 0 saturated carbocycles. The van der Waals surface area contributed by atoms with Gasteiger partial charge in [-0.25, -0.2) is 9.80 Å². The first-order valence-electron chi connectivity index (χ1n) is 15.7. The zero-order valence-corrected chi connectivity index (χ0v) is 26.5. The summed E-state index contributed by atoms with van der Waals surface area (Å²) in [5.74, 6) is -1.39. The van der Waals surface area contributed by atoms with Crippen LogP contribution in [-0.2, 0) is 0 Å². The average molecular weight is 613 g/mol. The minimum atomic E-state index is -0.349. The lowest BCUT2D eigenvalue weighted by Gasteiger charge is -2.31. The van der Waals surface area contributed by atoms with E-state index in [0.717, 1.165) is 60.1 Å². The quantitative estimate of drug-likeness (QED) is 0.111. The molecule has 2 aliphatic rings. The number of fused-ring (bicyclic) bond motifs is 2. The number of imide groups is 2. The number of benzene rings is 7. The molecule has 0 N–H and O–H groups in total. The Morgan fingerprint density at radius 2 is 0.702 bits per heavy atom. The lowest BCUT2D eigenvalue weighted by atomic mass is 9.82. The number of para-hydroxylation sites is 1. The highest BCUT2D eigenvalue weighted by Crippen LogP contribution is 2.47. The number of amides is 4. The summed E-state index contributed by atoms with van der Waals surface area (Å²) in [6.45, 7) is 9.67. The van der Waals surface area contributed by atoms with Crippen molar-refractivity contribution >= 4 is 78.1 Å². The van der Waals surface area contributed by atoms with Crippen molar-refractivity contribution in [1.29, 1.82) is 0 Å². The van der Waals surface area contributed by atoms with Crippen LogP contribution in [0.15, 0.2) is 78.9 Å². The fourth-order valence-electron chi connectivity index (χ4n) is 8.36. The summed E-state index contributed by atoms with van der Waals surface area (Å²) in [6.07, 6.45) is 0. The van der Waals surface area contributed by atoms with E-state index in [1.807, 2.05) is 113 Å². The number of anilines is 2. The molecule has 0 atom stereocenters. The standard InChI is InChI=1S/C41H28N2O4/c1-19-17-22(4)37(23(5)18-19)43-40(46)30-15-11-26-24-9-13-28-34-29(39(45)42(38(28)44)36-20(2)7-6-8-21(36)3)14-10-25(32(24)34)27-12-16-31(41(43)47)35(30)33(26)27/h6-18H,1-5H3. The van der Waals surface area contributed by atoms with Gasteiger partial charge in [0.2, 0.25) is 0 Å². The molecule has 4 amide bonds. The molecule has 2 heterocycles. The molecule has 226 valence electrons. The van der Waals surface area contributed by atoms with Gasteiger partial charge in [0.15, 0.2) is 0 Å². The van der Waals surface area contributed by atoms with Gasteiger partial charge in [-0.2, -0.15) is 0 Å². The molecule has 0 aromatic heterocycles. The fraction of sp³-hybridized carbons (Fsp3) is 0.122. The Bertz CT molecular complexity index is 2500. The highest BCUT2D eigenvalue weighted by molar-refractivity contribution is 6.45. The maximum absolute atomic E-state index is 14.2. The van der Waals surface area contributed by atoms with Crippen molar-refractivity contribution in [1.82, 2.24) is 0 Å². The van der Waals surface area contributed by atoms with E-state index in [2.05, 4.69) is 0 Å². The molecule has 7 aromatic carbocycles. The Balaban J connectivity index is 1.31. The van der Waals surface area contributed by atoms with Gasteiger partial charge in [0.25, 0.3) is 23.6 Å². The number of rotatable bonds is 2. The number of carbonyl (C=O) groups is 4. The SMILES string of the molecule is Cc1cc(C)c(N2C(=O)c3ccc4c5ccc6c7c(ccc(c8ccc(c3c48)C2=O)c75)C(=O)N(c2c(C)cccc2C)C6=O)c(C)c1. The topological polar surface area (TPSA) is 74.8 Å². The van der Waals surface area contributed by atoms with E-state index in [0.29, 0.717) is 44.4 Å². The van der Waals surface area contributed by atoms with Crippen LogP contribution in [0.5, 0.6) is 0 Å². The molecule has 6 nitrogen and oxygen atoms in total. The Morgan fingerprint density at radius 1 is 0.383 bits per heavy atom. The van der Waals surface area contributed by atoms with E-state index in [-0.39, 0.29) is 23.6 Å². The predicted octanol–water partition coefficient (Wildman–Crippen LogP) is 8.88. The van der Waals surface area contributed by atoms with E-state index in [1.165, 1.54) is 9.80 Å². The Kier molecular flexibility index (Phi) is 5.31. The average Bonchev–Trinajstić information content (AvgIpc) is 3.04. The monoisotopic (exact) mass is 612 g/mol. The highest BCUT2D eigenvalue weighted by atomic mass is 16.2. The second-order valence-corrected chi connectivity index (χ2v) is 13.0. The first-order chi connectivity index (χ1) is 22.6. The van der Waals surface area contributed by atoms with Crippen LogP contribution < -0.4 is 9.80 Å². The van der Waals surface area contributed by atoms with Gasteiger partial charge in [-0.3, -0.25) is 19.2 Å². The van der Waals surface area contributed by atoms with Gasteiger partial charge in [-0.15, -0.1) is 0 Å². The highest BCUT2D eigenvalue weighted by Gasteiger charge is 2.39. The number of hydrogen-bond acceptors (Lipinski definition) is 4. The van der Waals surface area contributed by atoms with Crippen molar-refractivity contribution < 1.29 is 19.2 Å². The zero-order valence-electron chi connectivity index (χ0n) is 26.5. The molecule has 0 unspecified atom stereocenters. The molecule has 0 aliphatic carbocycles. The first kappa shape index (κ1) is 27.4. The molecule has 0 radical (unpaired) electrons. The molecule has 6 heteroatoms. The summed E-state index contributed by atoms with van der Waals surface area (Å²) in [4.78, 5) is 59.3. The van der Waals surface area contributed by atoms with E-state index in [9.17, 15) is 19.2 Å². The van der Waals surface area contributed by atoms with Crippen molar-refractivity contribution in [3.63, 3.8) is 0 Å². The van der Waals surface area contributed by atoms with Crippen LogP contribution in [0, 0.1) is 34.6 Å². The van der Waals surface area contributed by atoms with Gasteiger partial charge in [-0.05, 0) is 113 Å². The molecular weight excluding hydrogens is 584 g/mol. The van der Waals surface area contributed by atoms with Crippen LogP contribution in [0.4, 0.5) is 11.4 Å². The van der Waals surface area contributed by atoms with Gasteiger partial charge in [-0.1, -0.05) is 60.2 Å². The maximum Gasteiger partial charge on any atom is 0.266 e. The number of hydrogen-bond donors (Lipinski definition) is 0. The Morgan fingerprint density at radius 3 is 1.04 bits per heavy atom. The minimum absolute atomic E-state index is 0.347. The molecule has 0 fully saturated rings. The maximum atomic E-state index is 14.2. The second kappa shape index (κ2) is 9.10. The third-order valence-electron chi connectivity index (χ3n) is 10.2. The molecule has 0 spiro atoms. The summed E-state index contributed by atoms with van der Waals surface area (Å²) in [7, 11) is 0. The van der Waals surface area contributed by atoms with Crippen molar-refractivity contribution in [2.24, 2.45) is 0 Å². The van der Waals surface area contributed by atoms with Crippen molar-refractivity contribution in [3.8, 4) is 0 Å². The summed E-state index contributed by atoms with van der Waals surface area (Å²) < 4.78 is 0. The lowest BCUT2D eigenvalue weighted by molar-refractivity contribution is 0.0877. The predicted molar refractivity (Wildman–Crippen MR) is 187 cm³/mol. The van der Waals surface area contributed by atoms with Crippen LogP contribution in [-0.4, -0.2) is 23.6 Å². The first-order valence-corrected chi connectivity index (χ1v) is 15.7. The van der Waals surface area contributed by atoms with Gasteiger partial charge in [0, 0.05) is 33.0 Å². The lowest BCUT2D eigenvalue weighted by Crippen LogP contribution is -2.41. The summed E-state index contributed by atoms with van der Waals surface area (Å²) in [5, 5.41) is 6.41. The molecule has 2 aliphatic heterocycles. The van der Waals surface area contributed by atoms with E-state index in [1.54, 1.807) is 0 Å². The second-order valence-electron chi connectivity index (χ2n) is 13.0. The molecular formula is C41H28N2O4. The Hall–Kier alpha value is -5.88. The van der Waals surface area contributed by atoms with E-state index < -0.39 is 0 Å². The zero-order chi connectivity index (χ0) is 32.6. The van der Waals surface area contributed by atoms with Crippen LogP contribution in [0.25, 0.3) is 43.1 Å². The summed E-state index contributed by atoms with van der Waals surface area (Å²) >= 11 is 0. The number of aryl methyl sites for hydroxylation is 5. The van der Waals surface area contributed by atoms with Crippen LogP contribution >= 0.6 is 0 Å². The molecule has 47 heavy (non-hydrogen) atoms. The van der Waals surface area contributed by atoms with Gasteiger partial charge in [0.1, 0.15) is 0 Å². The van der Waals surface area contributed by atoms with E-state index in [4.69, 9.17) is 0 Å². The van der Waals surface area contributed by atoms with Gasteiger partial charge in [0.05, 0.1) is 11.4 Å². The minimum Gasteiger partial charge on any atom is -0.268 e. The Labute approximate surface area is 270 Å². The largest absolute Gasteiger partial charge is 0.268 e. The third kappa shape index (κ3) is 3.34. The van der Waals surface area contributed by atoms with E-state index >= 15 is 0 Å². The number of carbonyl (C=O) groups excluding carboxylic acids is 4. The number of nitrogens with zero attached hydrogens (tertiary/aromatic N) is 2. The van der Waals surface area contributed by atoms with Crippen LogP contribution in [0.3, 0.4) is 0 Å². The summed E-state index contributed by atoms with van der Waals surface area (Å²) in [5.41, 5.74) is 7.65. The van der Waals surface area contributed by atoms with Crippen molar-refractivity contribution in [2.45, 2.75) is 34.6 Å². The molecule has 7 aromatic rings. The van der Waals surface area contributed by atoms with Crippen LogP contribution in [0.1, 0.15) is 69.2 Å². The smallest absolute Gasteiger partial charge is 0.266 e. The van der Waals surface area contributed by atoms with Crippen molar-refractivity contribution in [3.05, 3.63) is 129 Å². The van der Waals surface area contributed by atoms with Gasteiger partial charge < -0.3 is 0 Å². The fourth-order valence-corrected chi connectivity index (χ4v) is 8.36. The third-order valence-corrected chi connectivity index (χ3v) is 10.2. The van der Waals surface area contributed by atoms with Gasteiger partial charge >= 0.3 is 0 Å². The van der Waals surface area contributed by atoms with Crippen molar-refractivity contribution in [2.75, 3.05) is 9.80 Å². The normalized spacial score (nSPS) is 14.6.